The van der Waals surface area contributed by atoms with Crippen LogP contribution in [0.2, 0.25) is 0 Å². The maximum Gasteiger partial charge on any atom is 0.231 e. The van der Waals surface area contributed by atoms with Crippen LogP contribution in [0.3, 0.4) is 0 Å². The second-order valence-corrected chi connectivity index (χ2v) is 6.95. The highest BCUT2D eigenvalue weighted by atomic mass is 16.5. The van der Waals surface area contributed by atoms with Gasteiger partial charge in [0.2, 0.25) is 5.91 Å². The molecule has 126 valence electrons. The van der Waals surface area contributed by atoms with E-state index in [4.69, 9.17) is 4.74 Å². The smallest absolute Gasteiger partial charge is 0.231 e. The molecule has 0 spiro atoms. The largest absolute Gasteiger partial charge is 0.497 e. The molecule has 0 radical (unpaired) electrons. The maximum atomic E-state index is 12.7. The molecule has 2 atom stereocenters. The molecule has 1 aromatic carbocycles. The molecular formula is C19H29N2O2+. The zero-order chi connectivity index (χ0) is 16.1. The summed E-state index contributed by atoms with van der Waals surface area (Å²) in [5.41, 5.74) is 1.33. The maximum absolute atomic E-state index is 12.7. The standard InChI is InChI=1S/C19H28N2O2/c1-23-18-9-7-16(8-10-18)14-20-11-5-6-17(15-20)19(22)21-12-3-2-4-13-21/h7-10,17H,2-6,11-15H2,1H3/p+1/t17-/m1/s1. The van der Waals surface area contributed by atoms with Crippen LogP contribution in [0.4, 0.5) is 0 Å². The van der Waals surface area contributed by atoms with Gasteiger partial charge in [-0.2, -0.15) is 0 Å². The second kappa shape index (κ2) is 7.82. The Balaban J connectivity index is 1.55. The first-order valence-electron chi connectivity index (χ1n) is 9.01. The third-order valence-corrected chi connectivity index (χ3v) is 5.25. The predicted octanol–water partition coefficient (Wildman–Crippen LogP) is 1.50. The molecule has 2 aliphatic heterocycles. The summed E-state index contributed by atoms with van der Waals surface area (Å²) >= 11 is 0. The van der Waals surface area contributed by atoms with E-state index in [1.807, 2.05) is 12.1 Å². The van der Waals surface area contributed by atoms with E-state index in [-0.39, 0.29) is 5.92 Å². The summed E-state index contributed by atoms with van der Waals surface area (Å²) < 4.78 is 5.22. The summed E-state index contributed by atoms with van der Waals surface area (Å²) in [4.78, 5) is 16.4. The highest BCUT2D eigenvalue weighted by Crippen LogP contribution is 2.17. The van der Waals surface area contributed by atoms with Gasteiger partial charge >= 0.3 is 0 Å². The Bertz CT molecular complexity index is 509. The van der Waals surface area contributed by atoms with Crippen LogP contribution in [0.25, 0.3) is 0 Å². The molecule has 2 aliphatic rings. The molecule has 4 nitrogen and oxygen atoms in total. The molecule has 4 heteroatoms. The fraction of sp³-hybridized carbons (Fsp3) is 0.632. The number of likely N-dealkylation sites (tertiary alicyclic amines) is 2. The Hall–Kier alpha value is -1.55. The number of rotatable bonds is 4. The first-order chi connectivity index (χ1) is 11.3. The lowest BCUT2D eigenvalue weighted by atomic mass is 9.95. The number of carbonyl (C=O) groups is 1. The van der Waals surface area contributed by atoms with Crippen molar-refractivity contribution in [3.05, 3.63) is 29.8 Å². The Kier molecular flexibility index (Phi) is 5.55. The summed E-state index contributed by atoms with van der Waals surface area (Å²) in [6.07, 6.45) is 5.88. The number of quaternary nitrogens is 1. The zero-order valence-electron chi connectivity index (χ0n) is 14.2. The highest BCUT2D eigenvalue weighted by Gasteiger charge is 2.32. The van der Waals surface area contributed by atoms with Crippen LogP contribution >= 0.6 is 0 Å². The molecule has 23 heavy (non-hydrogen) atoms. The van der Waals surface area contributed by atoms with E-state index in [9.17, 15) is 4.79 Å². The van der Waals surface area contributed by atoms with Crippen molar-refractivity contribution in [2.45, 2.75) is 38.6 Å². The van der Waals surface area contributed by atoms with Gasteiger partial charge in [0, 0.05) is 18.7 Å². The van der Waals surface area contributed by atoms with Crippen LogP contribution in [-0.2, 0) is 11.3 Å². The van der Waals surface area contributed by atoms with E-state index in [1.165, 1.54) is 36.3 Å². The van der Waals surface area contributed by atoms with Crippen LogP contribution in [0.1, 0.15) is 37.7 Å². The third-order valence-electron chi connectivity index (χ3n) is 5.25. The van der Waals surface area contributed by atoms with E-state index in [0.29, 0.717) is 5.91 Å². The number of carbonyl (C=O) groups excluding carboxylic acids is 1. The first-order valence-corrected chi connectivity index (χ1v) is 9.01. The Morgan fingerprint density at radius 1 is 1.17 bits per heavy atom. The minimum absolute atomic E-state index is 0.232. The van der Waals surface area contributed by atoms with E-state index in [1.54, 1.807) is 7.11 Å². The molecule has 1 unspecified atom stereocenters. The number of amides is 1. The second-order valence-electron chi connectivity index (χ2n) is 6.95. The van der Waals surface area contributed by atoms with E-state index < -0.39 is 0 Å². The lowest BCUT2D eigenvalue weighted by Crippen LogP contribution is -3.12. The van der Waals surface area contributed by atoms with Gasteiger partial charge in [-0.05, 0) is 56.4 Å². The summed E-state index contributed by atoms with van der Waals surface area (Å²) in [5, 5.41) is 0. The molecule has 1 amide bonds. The normalized spacial score (nSPS) is 25.2. The zero-order valence-corrected chi connectivity index (χ0v) is 14.2. The molecule has 2 saturated heterocycles. The number of nitrogens with zero attached hydrogens (tertiary/aromatic N) is 1. The fourth-order valence-electron chi connectivity index (χ4n) is 3.93. The van der Waals surface area contributed by atoms with Gasteiger partial charge in [0.05, 0.1) is 26.1 Å². The van der Waals surface area contributed by atoms with Gasteiger partial charge in [0.25, 0.3) is 0 Å². The van der Waals surface area contributed by atoms with Crippen LogP contribution in [0.15, 0.2) is 24.3 Å². The Labute approximate surface area is 139 Å². The Morgan fingerprint density at radius 3 is 2.61 bits per heavy atom. The van der Waals surface area contributed by atoms with Crippen LogP contribution in [0.5, 0.6) is 5.75 Å². The molecule has 1 N–H and O–H groups in total. The van der Waals surface area contributed by atoms with Gasteiger partial charge < -0.3 is 14.5 Å². The monoisotopic (exact) mass is 317 g/mol. The fourth-order valence-corrected chi connectivity index (χ4v) is 3.93. The van der Waals surface area contributed by atoms with Gasteiger partial charge in [-0.15, -0.1) is 0 Å². The quantitative estimate of drug-likeness (QED) is 0.913. The summed E-state index contributed by atoms with van der Waals surface area (Å²) in [7, 11) is 1.70. The average molecular weight is 317 g/mol. The minimum Gasteiger partial charge on any atom is -0.497 e. The van der Waals surface area contributed by atoms with E-state index in [2.05, 4.69) is 17.0 Å². The lowest BCUT2D eigenvalue weighted by molar-refractivity contribution is -0.921. The van der Waals surface area contributed by atoms with Crippen molar-refractivity contribution in [2.24, 2.45) is 5.92 Å². The van der Waals surface area contributed by atoms with Gasteiger partial charge in [0.15, 0.2) is 0 Å². The summed E-state index contributed by atoms with van der Waals surface area (Å²) in [6, 6.07) is 8.33. The van der Waals surface area contributed by atoms with Crippen LogP contribution in [-0.4, -0.2) is 44.1 Å². The molecule has 0 saturated carbocycles. The number of piperidine rings is 2. The molecule has 1 aromatic rings. The molecular weight excluding hydrogens is 288 g/mol. The number of hydrogen-bond acceptors (Lipinski definition) is 2. The molecule has 3 rings (SSSR count). The molecule has 0 bridgehead atoms. The molecule has 0 aliphatic carbocycles. The van der Waals surface area contributed by atoms with Crippen molar-refractivity contribution in [1.82, 2.24) is 4.90 Å². The lowest BCUT2D eigenvalue weighted by Gasteiger charge is -2.34. The van der Waals surface area contributed by atoms with Crippen molar-refractivity contribution < 1.29 is 14.4 Å². The van der Waals surface area contributed by atoms with E-state index in [0.717, 1.165) is 44.8 Å². The highest BCUT2D eigenvalue weighted by molar-refractivity contribution is 5.79. The van der Waals surface area contributed by atoms with Gasteiger partial charge in [0.1, 0.15) is 12.3 Å². The average Bonchev–Trinajstić information content (AvgIpc) is 2.63. The number of methoxy groups -OCH3 is 1. The molecule has 2 heterocycles. The van der Waals surface area contributed by atoms with E-state index >= 15 is 0 Å². The molecule has 2 fully saturated rings. The number of benzene rings is 1. The van der Waals surface area contributed by atoms with Crippen LogP contribution < -0.4 is 9.64 Å². The predicted molar refractivity (Wildman–Crippen MR) is 90.5 cm³/mol. The number of hydrogen-bond donors (Lipinski definition) is 1. The summed E-state index contributed by atoms with van der Waals surface area (Å²) in [6.45, 7) is 5.12. The summed E-state index contributed by atoms with van der Waals surface area (Å²) in [5.74, 6) is 1.55. The van der Waals surface area contributed by atoms with Gasteiger partial charge in [-0.1, -0.05) is 0 Å². The van der Waals surface area contributed by atoms with Crippen molar-refractivity contribution >= 4 is 5.91 Å². The number of ether oxygens (including phenoxy) is 1. The SMILES string of the molecule is COc1ccc(C[NH+]2CCC[C@@H](C(=O)N3CCCCC3)C2)cc1. The molecule has 0 aromatic heterocycles. The van der Waals surface area contributed by atoms with Crippen molar-refractivity contribution in [3.8, 4) is 5.75 Å². The van der Waals surface area contributed by atoms with Crippen molar-refractivity contribution in [3.63, 3.8) is 0 Å². The third kappa shape index (κ3) is 4.25. The minimum atomic E-state index is 0.232. The van der Waals surface area contributed by atoms with Crippen molar-refractivity contribution in [1.29, 1.82) is 0 Å². The Morgan fingerprint density at radius 2 is 1.91 bits per heavy atom. The van der Waals surface area contributed by atoms with Crippen molar-refractivity contribution in [2.75, 3.05) is 33.3 Å². The topological polar surface area (TPSA) is 34.0 Å². The van der Waals surface area contributed by atoms with Gasteiger partial charge in [-0.25, -0.2) is 0 Å². The first kappa shape index (κ1) is 16.3. The number of nitrogens with one attached hydrogen (secondary N) is 1. The van der Waals surface area contributed by atoms with Gasteiger partial charge in [-0.3, -0.25) is 4.79 Å². The van der Waals surface area contributed by atoms with Crippen LogP contribution in [0, 0.1) is 5.92 Å².